The van der Waals surface area contributed by atoms with Gasteiger partial charge in [-0.25, -0.2) is 0 Å². The zero-order valence-corrected chi connectivity index (χ0v) is 11.6. The molecule has 1 N–H and O–H groups in total. The molecule has 0 aliphatic carbocycles. The van der Waals surface area contributed by atoms with Crippen LogP contribution in [-0.4, -0.2) is 54.7 Å². The van der Waals surface area contributed by atoms with Crippen molar-refractivity contribution in [3.8, 4) is 6.07 Å². The lowest BCUT2D eigenvalue weighted by molar-refractivity contribution is 0.167. The number of hydrogen-bond acceptors (Lipinski definition) is 4. The smallest absolute Gasteiger partial charge is 0.0991 e. The fourth-order valence-corrected chi connectivity index (χ4v) is 2.78. The highest BCUT2D eigenvalue weighted by Crippen LogP contribution is 2.22. The summed E-state index contributed by atoms with van der Waals surface area (Å²) in [5.41, 5.74) is 1.92. The van der Waals surface area contributed by atoms with Gasteiger partial charge in [-0.3, -0.25) is 4.90 Å². The lowest BCUT2D eigenvalue weighted by Gasteiger charge is -2.23. The van der Waals surface area contributed by atoms with Crippen LogP contribution in [0.15, 0.2) is 24.3 Å². The Labute approximate surface area is 114 Å². The van der Waals surface area contributed by atoms with Gasteiger partial charge in [0.2, 0.25) is 0 Å². The number of likely N-dealkylation sites (N-methyl/N-ethyl adjacent to an activating group) is 1. The fourth-order valence-electron chi connectivity index (χ4n) is 2.78. The van der Waals surface area contributed by atoms with Crippen LogP contribution < -0.4 is 0 Å². The highest BCUT2D eigenvalue weighted by Gasteiger charge is 2.33. The molecular formula is C15H21N3O. The van der Waals surface area contributed by atoms with Crippen molar-refractivity contribution in [1.29, 1.82) is 5.26 Å². The molecule has 102 valence electrons. The van der Waals surface area contributed by atoms with E-state index in [0.717, 1.165) is 19.6 Å². The minimum absolute atomic E-state index is 0.243. The highest BCUT2D eigenvalue weighted by atomic mass is 16.3. The Morgan fingerprint density at radius 2 is 2.00 bits per heavy atom. The average Bonchev–Trinajstić information content (AvgIpc) is 2.83. The Balaban J connectivity index is 1.98. The standard InChI is InChI=1S/C15H21N3O/c1-17(2)15-10-18(9-14(15)11-19)8-13-5-3-12(7-16)4-6-13/h3-6,14-15,19H,8-11H2,1-2H3/t14-,15+/m0/s1. The Kier molecular flexibility index (Phi) is 4.54. The van der Waals surface area contributed by atoms with Crippen molar-refractivity contribution in [3.63, 3.8) is 0 Å². The van der Waals surface area contributed by atoms with E-state index in [2.05, 4.69) is 30.0 Å². The first-order valence-electron chi connectivity index (χ1n) is 6.62. The van der Waals surface area contributed by atoms with Crippen molar-refractivity contribution in [1.82, 2.24) is 9.80 Å². The Morgan fingerprint density at radius 3 is 2.47 bits per heavy atom. The predicted octanol–water partition coefficient (Wildman–Crippen LogP) is 0.913. The molecule has 19 heavy (non-hydrogen) atoms. The summed E-state index contributed by atoms with van der Waals surface area (Å²) in [6.45, 7) is 3.04. The van der Waals surface area contributed by atoms with Gasteiger partial charge in [0.15, 0.2) is 0 Å². The van der Waals surface area contributed by atoms with Crippen LogP contribution in [0.4, 0.5) is 0 Å². The average molecular weight is 259 g/mol. The summed E-state index contributed by atoms with van der Waals surface area (Å²) >= 11 is 0. The van der Waals surface area contributed by atoms with Gasteiger partial charge in [-0.1, -0.05) is 12.1 Å². The molecule has 0 amide bonds. The van der Waals surface area contributed by atoms with Crippen LogP contribution in [0.3, 0.4) is 0 Å². The Morgan fingerprint density at radius 1 is 1.32 bits per heavy atom. The molecule has 0 radical (unpaired) electrons. The second-order valence-electron chi connectivity index (χ2n) is 5.48. The predicted molar refractivity (Wildman–Crippen MR) is 74.5 cm³/mol. The van der Waals surface area contributed by atoms with Gasteiger partial charge in [-0.2, -0.15) is 5.26 Å². The van der Waals surface area contributed by atoms with E-state index in [1.807, 2.05) is 24.3 Å². The third kappa shape index (κ3) is 3.32. The van der Waals surface area contributed by atoms with Crippen LogP contribution in [-0.2, 0) is 6.54 Å². The fraction of sp³-hybridized carbons (Fsp3) is 0.533. The van der Waals surface area contributed by atoms with Gasteiger partial charge >= 0.3 is 0 Å². The number of aliphatic hydroxyl groups excluding tert-OH is 1. The molecule has 2 rings (SSSR count). The molecule has 0 saturated carbocycles. The molecular weight excluding hydrogens is 238 g/mol. The lowest BCUT2D eigenvalue weighted by atomic mass is 10.0. The van der Waals surface area contributed by atoms with E-state index in [-0.39, 0.29) is 6.61 Å². The lowest BCUT2D eigenvalue weighted by Crippen LogP contribution is -2.36. The second kappa shape index (κ2) is 6.16. The molecule has 4 nitrogen and oxygen atoms in total. The molecule has 0 bridgehead atoms. The third-order valence-corrected chi connectivity index (χ3v) is 3.87. The number of nitriles is 1. The number of aliphatic hydroxyl groups is 1. The summed E-state index contributed by atoms with van der Waals surface area (Å²) in [7, 11) is 4.14. The van der Waals surface area contributed by atoms with Gasteiger partial charge in [0.05, 0.1) is 11.6 Å². The van der Waals surface area contributed by atoms with E-state index in [4.69, 9.17) is 5.26 Å². The molecule has 1 aromatic rings. The summed E-state index contributed by atoms with van der Waals surface area (Å²) in [6, 6.07) is 10.3. The molecule has 0 spiro atoms. The Hall–Kier alpha value is -1.41. The maximum atomic E-state index is 9.45. The molecule has 4 heteroatoms. The highest BCUT2D eigenvalue weighted by molar-refractivity contribution is 5.31. The van der Waals surface area contributed by atoms with E-state index in [0.29, 0.717) is 17.5 Å². The minimum Gasteiger partial charge on any atom is -0.396 e. The molecule has 0 unspecified atom stereocenters. The first-order valence-corrected chi connectivity index (χ1v) is 6.62. The molecule has 1 fully saturated rings. The summed E-state index contributed by atoms with van der Waals surface area (Å²) < 4.78 is 0. The van der Waals surface area contributed by atoms with Crippen molar-refractivity contribution in [3.05, 3.63) is 35.4 Å². The molecule has 1 aromatic carbocycles. The molecule has 2 atom stereocenters. The van der Waals surface area contributed by atoms with Crippen LogP contribution in [0, 0.1) is 17.2 Å². The number of nitrogens with zero attached hydrogens (tertiary/aromatic N) is 3. The van der Waals surface area contributed by atoms with Gasteiger partial charge in [0.25, 0.3) is 0 Å². The number of rotatable bonds is 4. The monoisotopic (exact) mass is 259 g/mol. The van der Waals surface area contributed by atoms with Crippen molar-refractivity contribution >= 4 is 0 Å². The minimum atomic E-state index is 0.243. The number of likely N-dealkylation sites (tertiary alicyclic amines) is 1. The summed E-state index contributed by atoms with van der Waals surface area (Å²) in [6.07, 6.45) is 0. The van der Waals surface area contributed by atoms with E-state index >= 15 is 0 Å². The van der Waals surface area contributed by atoms with Crippen LogP contribution >= 0.6 is 0 Å². The maximum Gasteiger partial charge on any atom is 0.0991 e. The molecule has 1 aliphatic heterocycles. The quantitative estimate of drug-likeness (QED) is 0.873. The van der Waals surface area contributed by atoms with Gasteiger partial charge in [-0.15, -0.1) is 0 Å². The molecule has 1 heterocycles. The second-order valence-corrected chi connectivity index (χ2v) is 5.48. The molecule has 1 saturated heterocycles. The van der Waals surface area contributed by atoms with Crippen LogP contribution in [0.1, 0.15) is 11.1 Å². The summed E-state index contributed by atoms with van der Waals surface area (Å²) in [4.78, 5) is 4.56. The normalized spacial score (nSPS) is 23.7. The van der Waals surface area contributed by atoms with E-state index in [1.165, 1.54) is 5.56 Å². The first-order chi connectivity index (χ1) is 9.13. The van der Waals surface area contributed by atoms with Crippen molar-refractivity contribution in [2.45, 2.75) is 12.6 Å². The van der Waals surface area contributed by atoms with Crippen LogP contribution in [0.25, 0.3) is 0 Å². The maximum absolute atomic E-state index is 9.45. The van der Waals surface area contributed by atoms with E-state index < -0.39 is 0 Å². The van der Waals surface area contributed by atoms with Crippen molar-refractivity contribution in [2.75, 3.05) is 33.8 Å². The number of hydrogen-bond donors (Lipinski definition) is 1. The van der Waals surface area contributed by atoms with Crippen LogP contribution in [0.2, 0.25) is 0 Å². The summed E-state index contributed by atoms with van der Waals surface area (Å²) in [5, 5.41) is 18.2. The summed E-state index contributed by atoms with van der Waals surface area (Å²) in [5.74, 6) is 0.327. The molecule has 0 aromatic heterocycles. The zero-order valence-electron chi connectivity index (χ0n) is 11.6. The van der Waals surface area contributed by atoms with E-state index in [1.54, 1.807) is 0 Å². The molecule has 1 aliphatic rings. The number of benzene rings is 1. The van der Waals surface area contributed by atoms with Gasteiger partial charge in [-0.05, 0) is 31.8 Å². The van der Waals surface area contributed by atoms with Crippen molar-refractivity contribution < 1.29 is 5.11 Å². The van der Waals surface area contributed by atoms with E-state index in [9.17, 15) is 5.11 Å². The Bertz CT molecular complexity index is 449. The third-order valence-electron chi connectivity index (χ3n) is 3.87. The first kappa shape index (κ1) is 14.0. The van der Waals surface area contributed by atoms with Crippen molar-refractivity contribution in [2.24, 2.45) is 5.92 Å². The topological polar surface area (TPSA) is 50.5 Å². The van der Waals surface area contributed by atoms with Gasteiger partial charge in [0.1, 0.15) is 0 Å². The van der Waals surface area contributed by atoms with Gasteiger partial charge < -0.3 is 10.0 Å². The van der Waals surface area contributed by atoms with Crippen LogP contribution in [0.5, 0.6) is 0 Å². The van der Waals surface area contributed by atoms with Gasteiger partial charge in [0, 0.05) is 38.2 Å². The zero-order chi connectivity index (χ0) is 13.8. The largest absolute Gasteiger partial charge is 0.396 e. The SMILES string of the molecule is CN(C)[C@@H]1CN(Cc2ccc(C#N)cc2)C[C@H]1CO.